The van der Waals surface area contributed by atoms with E-state index in [0.29, 0.717) is 6.42 Å². The van der Waals surface area contributed by atoms with E-state index in [4.69, 9.17) is 10.00 Å². The fourth-order valence-corrected chi connectivity index (χ4v) is 4.67. The van der Waals surface area contributed by atoms with Gasteiger partial charge in [0, 0.05) is 31.9 Å². The summed E-state index contributed by atoms with van der Waals surface area (Å²) in [6, 6.07) is 29.1. The van der Waals surface area contributed by atoms with Crippen LogP contribution in [0.1, 0.15) is 37.5 Å². The van der Waals surface area contributed by atoms with Gasteiger partial charge in [-0.25, -0.2) is 0 Å². The lowest BCUT2D eigenvalue weighted by Crippen LogP contribution is -2.43. The second-order valence-corrected chi connectivity index (χ2v) is 9.83. The molecule has 3 aromatic carbocycles. The molecule has 6 nitrogen and oxygen atoms in total. The highest BCUT2D eigenvalue weighted by Crippen LogP contribution is 2.31. The van der Waals surface area contributed by atoms with Crippen LogP contribution < -0.4 is 15.5 Å². The van der Waals surface area contributed by atoms with Crippen molar-refractivity contribution in [1.82, 2.24) is 10.6 Å². The summed E-state index contributed by atoms with van der Waals surface area (Å²) in [5.74, 6) is 0.0122. The van der Waals surface area contributed by atoms with E-state index in [0.717, 1.165) is 48.4 Å². The van der Waals surface area contributed by atoms with Crippen molar-refractivity contribution >= 4 is 11.6 Å². The van der Waals surface area contributed by atoms with E-state index in [2.05, 4.69) is 77.9 Å². The minimum Gasteiger partial charge on any atom is -0.369 e. The van der Waals surface area contributed by atoms with Crippen LogP contribution in [0.5, 0.6) is 0 Å². The molecule has 192 valence electrons. The molecule has 0 aromatic heterocycles. The Morgan fingerprint density at radius 1 is 0.946 bits per heavy atom. The van der Waals surface area contributed by atoms with Crippen molar-refractivity contribution < 1.29 is 9.53 Å². The number of ether oxygens (including phenoxy) is 1. The molecule has 4 rings (SSSR count). The summed E-state index contributed by atoms with van der Waals surface area (Å²) in [4.78, 5) is 15.2. The van der Waals surface area contributed by atoms with Gasteiger partial charge in [0.25, 0.3) is 0 Å². The van der Waals surface area contributed by atoms with Gasteiger partial charge < -0.3 is 20.3 Å². The molecule has 0 aliphatic carbocycles. The number of nitrogens with zero attached hydrogens (tertiary/aromatic N) is 2. The first-order valence-electron chi connectivity index (χ1n) is 13.1. The molecular formula is C31H36N4O2. The molecule has 1 heterocycles. The maximum absolute atomic E-state index is 12.8. The molecule has 6 heteroatoms. The molecule has 0 unspecified atom stereocenters. The lowest BCUT2D eigenvalue weighted by Gasteiger charge is -2.29. The summed E-state index contributed by atoms with van der Waals surface area (Å²) >= 11 is 0. The van der Waals surface area contributed by atoms with Gasteiger partial charge in [-0.15, -0.1) is 0 Å². The van der Waals surface area contributed by atoms with E-state index in [1.807, 2.05) is 36.4 Å². The lowest BCUT2D eigenvalue weighted by molar-refractivity contribution is -0.136. The molecule has 1 aliphatic rings. The fraction of sp³-hybridized carbons (Fsp3) is 0.355. The van der Waals surface area contributed by atoms with Crippen molar-refractivity contribution in [2.75, 3.05) is 37.6 Å². The average molecular weight is 497 g/mol. The second kappa shape index (κ2) is 13.0. The van der Waals surface area contributed by atoms with E-state index in [1.54, 1.807) is 0 Å². The van der Waals surface area contributed by atoms with Crippen LogP contribution in [-0.4, -0.2) is 44.7 Å². The van der Waals surface area contributed by atoms with Gasteiger partial charge in [-0.05, 0) is 46.7 Å². The number of carbonyl (C=O) groups is 1. The maximum Gasteiger partial charge on any atom is 0.250 e. The van der Waals surface area contributed by atoms with E-state index in [9.17, 15) is 4.79 Å². The standard InChI is InChI=1S/C31H36N4O2/c1-23(2)22-29(31(36)34-17-16-32)37-30(26-6-4-3-5-7-26)27-10-8-24(9-11-27)25-12-14-28(15-13-25)35-20-18-33-19-21-35/h3-15,23,29-30,33H,17-22H2,1-2H3,(H,34,36)/t29-,30-/m0/s1. The Morgan fingerprint density at radius 3 is 2.14 bits per heavy atom. The SMILES string of the molecule is CC(C)C[C@H](O[C@@H](c1ccccc1)c1ccc(-c2ccc(N3CCNCC3)cc2)cc1)C(=O)NCC#N. The van der Waals surface area contributed by atoms with Crippen molar-refractivity contribution in [3.63, 3.8) is 0 Å². The van der Waals surface area contributed by atoms with Gasteiger partial charge in [0.15, 0.2) is 0 Å². The van der Waals surface area contributed by atoms with Crippen LogP contribution in [0.4, 0.5) is 5.69 Å². The minimum atomic E-state index is -0.657. The molecule has 1 aliphatic heterocycles. The molecule has 37 heavy (non-hydrogen) atoms. The Balaban J connectivity index is 1.56. The normalized spacial score (nSPS) is 15.1. The first-order chi connectivity index (χ1) is 18.0. The zero-order valence-corrected chi connectivity index (χ0v) is 21.7. The van der Waals surface area contributed by atoms with E-state index < -0.39 is 12.2 Å². The third kappa shape index (κ3) is 7.19. The molecular weight excluding hydrogens is 460 g/mol. The number of piperazine rings is 1. The van der Waals surface area contributed by atoms with Crippen molar-refractivity contribution in [2.45, 2.75) is 32.5 Å². The number of hydrogen-bond acceptors (Lipinski definition) is 5. The summed E-state index contributed by atoms with van der Waals surface area (Å²) in [5, 5.41) is 15.0. The largest absolute Gasteiger partial charge is 0.369 e. The van der Waals surface area contributed by atoms with E-state index >= 15 is 0 Å². The van der Waals surface area contributed by atoms with Crippen molar-refractivity contribution in [3.8, 4) is 17.2 Å². The molecule has 3 aromatic rings. The highest BCUT2D eigenvalue weighted by molar-refractivity contribution is 5.81. The molecule has 0 saturated carbocycles. The van der Waals surface area contributed by atoms with E-state index in [-0.39, 0.29) is 18.4 Å². The Bertz CT molecular complexity index is 1160. The highest BCUT2D eigenvalue weighted by Gasteiger charge is 2.26. The number of nitriles is 1. The monoisotopic (exact) mass is 496 g/mol. The molecule has 1 fully saturated rings. The quantitative estimate of drug-likeness (QED) is 0.390. The Hall–Kier alpha value is -3.66. The number of hydrogen-bond donors (Lipinski definition) is 2. The second-order valence-electron chi connectivity index (χ2n) is 9.83. The van der Waals surface area contributed by atoms with Crippen LogP contribution in [0.3, 0.4) is 0 Å². The fourth-order valence-electron chi connectivity index (χ4n) is 4.67. The Kier molecular flexibility index (Phi) is 9.31. The topological polar surface area (TPSA) is 77.4 Å². The number of nitrogens with one attached hydrogen (secondary N) is 2. The van der Waals surface area contributed by atoms with Gasteiger partial charge in [0.1, 0.15) is 18.8 Å². The number of rotatable bonds is 10. The first kappa shape index (κ1) is 26.4. The van der Waals surface area contributed by atoms with Gasteiger partial charge in [-0.3, -0.25) is 4.79 Å². The predicted molar refractivity (Wildman–Crippen MR) is 148 cm³/mol. The smallest absolute Gasteiger partial charge is 0.250 e. The van der Waals surface area contributed by atoms with Crippen LogP contribution in [0.2, 0.25) is 0 Å². The maximum atomic E-state index is 12.8. The van der Waals surface area contributed by atoms with Gasteiger partial charge in [-0.1, -0.05) is 80.6 Å². The summed E-state index contributed by atoms with van der Waals surface area (Å²) in [6.07, 6.45) is -0.490. The molecule has 0 radical (unpaired) electrons. The highest BCUT2D eigenvalue weighted by atomic mass is 16.5. The van der Waals surface area contributed by atoms with Crippen LogP contribution in [0.15, 0.2) is 78.9 Å². The summed E-state index contributed by atoms with van der Waals surface area (Å²) in [6.45, 7) is 8.19. The molecule has 2 N–H and O–H groups in total. The molecule has 1 amide bonds. The van der Waals surface area contributed by atoms with Gasteiger partial charge in [-0.2, -0.15) is 5.26 Å². The number of anilines is 1. The molecule has 2 atom stereocenters. The lowest BCUT2D eigenvalue weighted by atomic mass is 9.97. The van der Waals surface area contributed by atoms with Crippen molar-refractivity contribution in [3.05, 3.63) is 90.0 Å². The van der Waals surface area contributed by atoms with Crippen molar-refractivity contribution in [1.29, 1.82) is 5.26 Å². The van der Waals surface area contributed by atoms with Gasteiger partial charge >= 0.3 is 0 Å². The van der Waals surface area contributed by atoms with Crippen LogP contribution in [0, 0.1) is 17.2 Å². The average Bonchev–Trinajstić information content (AvgIpc) is 2.95. The summed E-state index contributed by atoms with van der Waals surface area (Å²) < 4.78 is 6.49. The van der Waals surface area contributed by atoms with Gasteiger partial charge in [0.05, 0.1) is 6.07 Å². The third-order valence-corrected chi connectivity index (χ3v) is 6.62. The predicted octanol–water partition coefficient (Wildman–Crippen LogP) is 4.92. The van der Waals surface area contributed by atoms with Gasteiger partial charge in [0.2, 0.25) is 5.91 Å². The number of amides is 1. The first-order valence-corrected chi connectivity index (χ1v) is 13.1. The Labute approximate surface area is 220 Å². The zero-order chi connectivity index (χ0) is 26.0. The number of benzene rings is 3. The zero-order valence-electron chi connectivity index (χ0n) is 21.7. The van der Waals surface area contributed by atoms with Crippen molar-refractivity contribution in [2.24, 2.45) is 5.92 Å². The molecule has 0 spiro atoms. The van der Waals surface area contributed by atoms with Crippen LogP contribution in [0.25, 0.3) is 11.1 Å². The summed E-state index contributed by atoms with van der Waals surface area (Å²) in [5.41, 5.74) is 5.51. The number of carbonyl (C=O) groups excluding carboxylic acids is 1. The molecule has 1 saturated heterocycles. The van der Waals surface area contributed by atoms with Crippen LogP contribution >= 0.6 is 0 Å². The Morgan fingerprint density at radius 2 is 1.54 bits per heavy atom. The summed E-state index contributed by atoms with van der Waals surface area (Å²) in [7, 11) is 0. The molecule has 0 bridgehead atoms. The van der Waals surface area contributed by atoms with Crippen LogP contribution in [-0.2, 0) is 9.53 Å². The van der Waals surface area contributed by atoms with E-state index in [1.165, 1.54) is 5.69 Å². The third-order valence-electron chi connectivity index (χ3n) is 6.62. The minimum absolute atomic E-state index is 0.0328.